The maximum absolute atomic E-state index is 11.9. The van der Waals surface area contributed by atoms with Gasteiger partial charge in [0.2, 0.25) is 10.0 Å². The molecule has 2 aliphatic rings. The lowest BCUT2D eigenvalue weighted by Crippen LogP contribution is -2.41. The van der Waals surface area contributed by atoms with Crippen LogP contribution in [-0.4, -0.2) is 26.8 Å². The monoisotopic (exact) mass is 296 g/mol. The highest BCUT2D eigenvalue weighted by Gasteiger charge is 2.30. The zero-order chi connectivity index (χ0) is 12.3. The molecule has 0 spiro atoms. The highest BCUT2D eigenvalue weighted by Crippen LogP contribution is 2.30. The standard InChI is InChI=1S/C12H24N2O2S.ClH/c13-9-11-5-2-6-12(11)14-17(15,16)8-7-10-3-1-4-10;/h10-12,14H,1-9,13H2;1H. The van der Waals surface area contributed by atoms with Crippen LogP contribution in [-0.2, 0) is 10.0 Å². The molecule has 0 aromatic carbocycles. The van der Waals surface area contributed by atoms with E-state index in [-0.39, 0.29) is 18.4 Å². The number of hydrogen-bond donors (Lipinski definition) is 2. The first kappa shape index (κ1) is 16.2. The van der Waals surface area contributed by atoms with Crippen LogP contribution < -0.4 is 10.5 Å². The zero-order valence-corrected chi connectivity index (χ0v) is 12.4. The van der Waals surface area contributed by atoms with E-state index in [0.717, 1.165) is 25.7 Å². The van der Waals surface area contributed by atoms with Crippen molar-refractivity contribution in [1.82, 2.24) is 4.72 Å². The van der Waals surface area contributed by atoms with Crippen molar-refractivity contribution in [2.75, 3.05) is 12.3 Å². The van der Waals surface area contributed by atoms with Crippen molar-refractivity contribution >= 4 is 22.4 Å². The molecule has 2 atom stereocenters. The Morgan fingerprint density at radius 2 is 1.78 bits per heavy atom. The fourth-order valence-electron chi connectivity index (χ4n) is 2.87. The number of nitrogens with two attached hydrogens (primary N) is 1. The molecule has 108 valence electrons. The van der Waals surface area contributed by atoms with E-state index in [1.165, 1.54) is 19.3 Å². The van der Waals surface area contributed by atoms with E-state index in [1.807, 2.05) is 0 Å². The molecule has 0 aromatic rings. The molecular weight excluding hydrogens is 272 g/mol. The fraction of sp³-hybridized carbons (Fsp3) is 1.00. The highest BCUT2D eigenvalue weighted by molar-refractivity contribution is 7.89. The van der Waals surface area contributed by atoms with Gasteiger partial charge in [-0.25, -0.2) is 13.1 Å². The molecule has 3 N–H and O–H groups in total. The van der Waals surface area contributed by atoms with Gasteiger partial charge in [-0.2, -0.15) is 0 Å². The first-order valence-electron chi connectivity index (χ1n) is 6.81. The molecule has 0 saturated heterocycles. The lowest BCUT2D eigenvalue weighted by atomic mass is 9.84. The van der Waals surface area contributed by atoms with Gasteiger partial charge in [0.25, 0.3) is 0 Å². The third-order valence-electron chi connectivity index (χ3n) is 4.31. The van der Waals surface area contributed by atoms with Crippen molar-refractivity contribution in [2.45, 2.75) is 51.0 Å². The largest absolute Gasteiger partial charge is 0.330 e. The van der Waals surface area contributed by atoms with Gasteiger partial charge in [-0.05, 0) is 37.6 Å². The second kappa shape index (κ2) is 7.08. The van der Waals surface area contributed by atoms with Gasteiger partial charge in [0.05, 0.1) is 5.75 Å². The van der Waals surface area contributed by atoms with Gasteiger partial charge < -0.3 is 5.73 Å². The number of hydrogen-bond acceptors (Lipinski definition) is 3. The Labute approximate surface area is 117 Å². The quantitative estimate of drug-likeness (QED) is 0.783. The predicted octanol–water partition coefficient (Wildman–Crippen LogP) is 1.65. The minimum atomic E-state index is -3.08. The molecule has 0 aromatic heterocycles. The summed E-state index contributed by atoms with van der Waals surface area (Å²) in [5.41, 5.74) is 5.66. The Kier molecular flexibility index (Phi) is 6.38. The van der Waals surface area contributed by atoms with Gasteiger partial charge in [-0.1, -0.05) is 25.7 Å². The molecule has 0 aliphatic heterocycles. The van der Waals surface area contributed by atoms with Gasteiger partial charge in [0.15, 0.2) is 0 Å². The summed E-state index contributed by atoms with van der Waals surface area (Å²) >= 11 is 0. The second-order valence-electron chi connectivity index (χ2n) is 5.56. The van der Waals surface area contributed by atoms with Crippen LogP contribution in [0.5, 0.6) is 0 Å². The molecule has 2 fully saturated rings. The SMILES string of the molecule is Cl.NCC1CCCC1NS(=O)(=O)CCC1CCC1. The van der Waals surface area contributed by atoms with Crippen LogP contribution in [0, 0.1) is 11.8 Å². The lowest BCUT2D eigenvalue weighted by molar-refractivity contribution is 0.307. The zero-order valence-electron chi connectivity index (χ0n) is 10.8. The van der Waals surface area contributed by atoms with E-state index in [2.05, 4.69) is 4.72 Å². The van der Waals surface area contributed by atoms with Crippen LogP contribution >= 0.6 is 12.4 Å². The number of halogens is 1. The molecule has 4 nitrogen and oxygen atoms in total. The Morgan fingerprint density at radius 1 is 1.11 bits per heavy atom. The average Bonchev–Trinajstić information content (AvgIpc) is 2.61. The van der Waals surface area contributed by atoms with E-state index in [4.69, 9.17) is 5.73 Å². The van der Waals surface area contributed by atoms with Crippen LogP contribution in [0.4, 0.5) is 0 Å². The smallest absolute Gasteiger partial charge is 0.211 e. The molecule has 2 rings (SSSR count). The summed E-state index contributed by atoms with van der Waals surface area (Å²) in [6, 6.07) is 0.0893. The van der Waals surface area contributed by atoms with Crippen LogP contribution in [0.1, 0.15) is 44.9 Å². The summed E-state index contributed by atoms with van der Waals surface area (Å²) in [6.07, 6.45) is 7.63. The van der Waals surface area contributed by atoms with E-state index >= 15 is 0 Å². The summed E-state index contributed by atoms with van der Waals surface area (Å²) in [7, 11) is -3.08. The number of sulfonamides is 1. The van der Waals surface area contributed by atoms with Crippen molar-refractivity contribution in [1.29, 1.82) is 0 Å². The Morgan fingerprint density at radius 3 is 2.33 bits per heavy atom. The van der Waals surface area contributed by atoms with E-state index in [1.54, 1.807) is 0 Å². The van der Waals surface area contributed by atoms with E-state index in [9.17, 15) is 8.42 Å². The lowest BCUT2D eigenvalue weighted by Gasteiger charge is -2.26. The maximum Gasteiger partial charge on any atom is 0.211 e. The van der Waals surface area contributed by atoms with Crippen molar-refractivity contribution in [3.63, 3.8) is 0 Å². The number of nitrogens with one attached hydrogen (secondary N) is 1. The molecule has 2 unspecified atom stereocenters. The van der Waals surface area contributed by atoms with Crippen molar-refractivity contribution in [2.24, 2.45) is 17.6 Å². The second-order valence-corrected chi connectivity index (χ2v) is 7.43. The summed E-state index contributed by atoms with van der Waals surface area (Å²) in [5, 5.41) is 0. The highest BCUT2D eigenvalue weighted by atomic mass is 35.5. The van der Waals surface area contributed by atoms with Gasteiger partial charge in [-0.3, -0.25) is 0 Å². The average molecular weight is 297 g/mol. The summed E-state index contributed by atoms with van der Waals surface area (Å²) < 4.78 is 26.7. The molecule has 0 heterocycles. The Balaban J connectivity index is 0.00000162. The van der Waals surface area contributed by atoms with Crippen LogP contribution in [0.3, 0.4) is 0 Å². The third kappa shape index (κ3) is 4.37. The van der Waals surface area contributed by atoms with Gasteiger partial charge >= 0.3 is 0 Å². The minimum Gasteiger partial charge on any atom is -0.330 e. The van der Waals surface area contributed by atoms with Gasteiger partial charge in [0.1, 0.15) is 0 Å². The Bertz CT molecular complexity index is 344. The summed E-state index contributed by atoms with van der Waals surface area (Å²) in [6.45, 7) is 0.593. The fourth-order valence-corrected chi connectivity index (χ4v) is 4.40. The van der Waals surface area contributed by atoms with E-state index in [0.29, 0.717) is 24.1 Å². The van der Waals surface area contributed by atoms with Crippen molar-refractivity contribution in [3.8, 4) is 0 Å². The van der Waals surface area contributed by atoms with Crippen LogP contribution in [0.15, 0.2) is 0 Å². The topological polar surface area (TPSA) is 72.2 Å². The summed E-state index contributed by atoms with van der Waals surface area (Å²) in [4.78, 5) is 0. The maximum atomic E-state index is 11.9. The normalized spacial score (nSPS) is 28.7. The first-order valence-corrected chi connectivity index (χ1v) is 8.46. The van der Waals surface area contributed by atoms with Gasteiger partial charge in [0, 0.05) is 6.04 Å². The van der Waals surface area contributed by atoms with Crippen molar-refractivity contribution < 1.29 is 8.42 Å². The molecule has 6 heteroatoms. The molecule has 0 radical (unpaired) electrons. The Hall–Kier alpha value is 0.160. The van der Waals surface area contributed by atoms with Crippen LogP contribution in [0.25, 0.3) is 0 Å². The molecule has 18 heavy (non-hydrogen) atoms. The summed E-state index contributed by atoms with van der Waals surface area (Å²) in [5.74, 6) is 1.29. The van der Waals surface area contributed by atoms with Gasteiger partial charge in [-0.15, -0.1) is 12.4 Å². The number of rotatable bonds is 6. The van der Waals surface area contributed by atoms with Crippen molar-refractivity contribution in [3.05, 3.63) is 0 Å². The minimum absolute atomic E-state index is 0. The molecule has 2 saturated carbocycles. The van der Waals surface area contributed by atoms with E-state index < -0.39 is 10.0 Å². The molecule has 0 bridgehead atoms. The first-order chi connectivity index (χ1) is 8.11. The predicted molar refractivity (Wildman–Crippen MR) is 76.3 cm³/mol. The third-order valence-corrected chi connectivity index (χ3v) is 5.75. The molecular formula is C12H25ClN2O2S. The molecule has 0 amide bonds. The van der Waals surface area contributed by atoms with Crippen LogP contribution in [0.2, 0.25) is 0 Å². The molecule has 2 aliphatic carbocycles.